The summed E-state index contributed by atoms with van der Waals surface area (Å²) in [5.74, 6) is -0.800. The molecule has 152 valence electrons. The molecule has 0 saturated heterocycles. The Hall–Kier alpha value is -3.53. The van der Waals surface area contributed by atoms with E-state index in [0.717, 1.165) is 21.5 Å². The molecule has 0 aliphatic carbocycles. The summed E-state index contributed by atoms with van der Waals surface area (Å²) in [4.78, 5) is 12.3. The number of methoxy groups -OCH3 is 1. The second kappa shape index (κ2) is 7.06. The van der Waals surface area contributed by atoms with E-state index in [4.69, 9.17) is 4.74 Å². The van der Waals surface area contributed by atoms with Crippen LogP contribution in [0, 0.1) is 0 Å². The van der Waals surface area contributed by atoms with E-state index in [-0.39, 0.29) is 22.5 Å². The lowest BCUT2D eigenvalue weighted by molar-refractivity contribution is 0.0597. The summed E-state index contributed by atoms with van der Waals surface area (Å²) < 4.78 is 4.87. The highest BCUT2D eigenvalue weighted by molar-refractivity contribution is 6.13. The van der Waals surface area contributed by atoms with E-state index >= 15 is 0 Å². The van der Waals surface area contributed by atoms with Gasteiger partial charge < -0.3 is 14.9 Å². The van der Waals surface area contributed by atoms with Gasteiger partial charge in [-0.3, -0.25) is 0 Å². The Labute approximate surface area is 175 Å². The van der Waals surface area contributed by atoms with Crippen LogP contribution in [0.15, 0.2) is 60.7 Å². The number of phenols is 2. The standard InChI is InChI=1S/C26H24O4/c1-26(2,3)17-10-11-19-16(13-17)9-12-21(27)22(19)23-18-8-6-5-7-15(18)14-20(24(23)28)25(29)30-4/h5-14,27-28H,1-4H3. The molecule has 4 heteroatoms. The van der Waals surface area contributed by atoms with Crippen molar-refractivity contribution < 1.29 is 19.7 Å². The Morgan fingerprint density at radius 3 is 2.20 bits per heavy atom. The fraction of sp³-hybridized carbons (Fsp3) is 0.192. The van der Waals surface area contributed by atoms with Crippen LogP contribution in [0.5, 0.6) is 11.5 Å². The lowest BCUT2D eigenvalue weighted by Crippen LogP contribution is -2.10. The van der Waals surface area contributed by atoms with Crippen molar-refractivity contribution in [3.63, 3.8) is 0 Å². The lowest BCUT2D eigenvalue weighted by Gasteiger charge is -2.21. The van der Waals surface area contributed by atoms with Crippen LogP contribution in [0.4, 0.5) is 0 Å². The first-order chi connectivity index (χ1) is 14.2. The molecule has 4 aromatic carbocycles. The van der Waals surface area contributed by atoms with Gasteiger partial charge in [0.2, 0.25) is 0 Å². The number of phenolic OH excluding ortho intramolecular Hbond substituents is 2. The molecule has 0 aliphatic rings. The highest BCUT2D eigenvalue weighted by Crippen LogP contribution is 2.46. The van der Waals surface area contributed by atoms with Gasteiger partial charge in [0.15, 0.2) is 0 Å². The summed E-state index contributed by atoms with van der Waals surface area (Å²) >= 11 is 0. The van der Waals surface area contributed by atoms with Crippen LogP contribution in [-0.2, 0) is 10.2 Å². The van der Waals surface area contributed by atoms with E-state index < -0.39 is 5.97 Å². The zero-order chi connectivity index (χ0) is 21.6. The molecule has 0 aromatic heterocycles. The Morgan fingerprint density at radius 1 is 0.833 bits per heavy atom. The summed E-state index contributed by atoms with van der Waals surface area (Å²) in [7, 11) is 1.28. The van der Waals surface area contributed by atoms with E-state index in [1.165, 1.54) is 12.7 Å². The van der Waals surface area contributed by atoms with Crippen LogP contribution in [0.25, 0.3) is 32.7 Å². The Kier molecular flexibility index (Phi) is 4.65. The average molecular weight is 400 g/mol. The number of carbonyl (C=O) groups excluding carboxylic acids is 1. The van der Waals surface area contributed by atoms with Crippen LogP contribution in [0.3, 0.4) is 0 Å². The number of aromatic hydroxyl groups is 2. The highest BCUT2D eigenvalue weighted by atomic mass is 16.5. The molecule has 4 aromatic rings. The second-order valence-electron chi connectivity index (χ2n) is 8.51. The Bertz CT molecular complexity index is 1300. The lowest BCUT2D eigenvalue weighted by atomic mass is 9.84. The normalized spacial score (nSPS) is 11.7. The first-order valence-corrected chi connectivity index (χ1v) is 9.82. The van der Waals surface area contributed by atoms with Crippen LogP contribution in [0.2, 0.25) is 0 Å². The van der Waals surface area contributed by atoms with E-state index in [1.54, 1.807) is 12.1 Å². The molecule has 30 heavy (non-hydrogen) atoms. The van der Waals surface area contributed by atoms with Crippen LogP contribution in [-0.4, -0.2) is 23.3 Å². The summed E-state index contributed by atoms with van der Waals surface area (Å²) in [5.41, 5.74) is 2.12. The maximum atomic E-state index is 12.3. The predicted octanol–water partition coefficient (Wildman–Crippen LogP) is 6.16. The van der Waals surface area contributed by atoms with E-state index in [0.29, 0.717) is 11.1 Å². The maximum Gasteiger partial charge on any atom is 0.341 e. The molecule has 0 bridgehead atoms. The van der Waals surface area contributed by atoms with Crippen molar-refractivity contribution in [2.75, 3.05) is 7.11 Å². The number of esters is 1. The fourth-order valence-corrected chi connectivity index (χ4v) is 3.90. The Morgan fingerprint density at radius 2 is 1.50 bits per heavy atom. The Balaban J connectivity index is 2.13. The summed E-state index contributed by atoms with van der Waals surface area (Å²) in [6, 6.07) is 18.7. The van der Waals surface area contributed by atoms with Gasteiger partial charge in [-0.15, -0.1) is 0 Å². The molecular formula is C26H24O4. The van der Waals surface area contributed by atoms with Crippen LogP contribution in [0.1, 0.15) is 36.7 Å². The van der Waals surface area contributed by atoms with Crippen molar-refractivity contribution in [1.29, 1.82) is 0 Å². The monoisotopic (exact) mass is 400 g/mol. The zero-order valence-corrected chi connectivity index (χ0v) is 17.5. The van der Waals surface area contributed by atoms with Gasteiger partial charge in [0.1, 0.15) is 17.1 Å². The third-order valence-corrected chi connectivity index (χ3v) is 5.54. The molecule has 0 aliphatic heterocycles. The quantitative estimate of drug-likeness (QED) is 0.396. The molecule has 0 heterocycles. The maximum absolute atomic E-state index is 12.3. The fourth-order valence-electron chi connectivity index (χ4n) is 3.90. The first-order valence-electron chi connectivity index (χ1n) is 9.82. The molecule has 0 fully saturated rings. The molecule has 4 nitrogen and oxygen atoms in total. The minimum atomic E-state index is -0.630. The molecule has 0 atom stereocenters. The van der Waals surface area contributed by atoms with Gasteiger partial charge in [-0.05, 0) is 44.7 Å². The SMILES string of the molecule is COC(=O)c1cc2ccccc2c(-c2c(O)ccc3cc(C(C)(C)C)ccc23)c1O. The van der Waals surface area contributed by atoms with Gasteiger partial charge in [0.05, 0.1) is 7.11 Å². The van der Waals surface area contributed by atoms with Gasteiger partial charge in [-0.25, -0.2) is 4.79 Å². The predicted molar refractivity (Wildman–Crippen MR) is 120 cm³/mol. The molecule has 0 spiro atoms. The summed E-state index contributed by atoms with van der Waals surface area (Å²) in [6.07, 6.45) is 0. The van der Waals surface area contributed by atoms with Crippen molar-refractivity contribution in [3.8, 4) is 22.6 Å². The van der Waals surface area contributed by atoms with E-state index in [9.17, 15) is 15.0 Å². The van der Waals surface area contributed by atoms with Crippen molar-refractivity contribution >= 4 is 27.5 Å². The molecule has 0 unspecified atom stereocenters. The minimum Gasteiger partial charge on any atom is -0.507 e. The smallest absolute Gasteiger partial charge is 0.341 e. The number of carbonyl (C=O) groups is 1. The molecular weight excluding hydrogens is 376 g/mol. The number of ether oxygens (including phenoxy) is 1. The van der Waals surface area contributed by atoms with E-state index in [2.05, 4.69) is 26.8 Å². The topological polar surface area (TPSA) is 66.8 Å². The van der Waals surface area contributed by atoms with Crippen molar-refractivity contribution in [2.45, 2.75) is 26.2 Å². The van der Waals surface area contributed by atoms with Gasteiger partial charge >= 0.3 is 5.97 Å². The van der Waals surface area contributed by atoms with Crippen LogP contribution < -0.4 is 0 Å². The minimum absolute atomic E-state index is 0.0219. The van der Waals surface area contributed by atoms with Crippen molar-refractivity contribution in [3.05, 3.63) is 71.8 Å². The summed E-state index contributed by atoms with van der Waals surface area (Å²) in [6.45, 7) is 6.44. The summed E-state index contributed by atoms with van der Waals surface area (Å²) in [5, 5.41) is 25.2. The largest absolute Gasteiger partial charge is 0.507 e. The number of hydrogen-bond acceptors (Lipinski definition) is 4. The number of hydrogen-bond donors (Lipinski definition) is 2. The third-order valence-electron chi connectivity index (χ3n) is 5.54. The van der Waals surface area contributed by atoms with Crippen molar-refractivity contribution in [2.24, 2.45) is 0 Å². The molecule has 0 amide bonds. The number of benzene rings is 4. The molecule has 4 rings (SSSR count). The zero-order valence-electron chi connectivity index (χ0n) is 17.5. The van der Waals surface area contributed by atoms with Crippen LogP contribution >= 0.6 is 0 Å². The average Bonchev–Trinajstić information content (AvgIpc) is 2.72. The third kappa shape index (κ3) is 3.14. The van der Waals surface area contributed by atoms with Gasteiger partial charge in [0, 0.05) is 11.1 Å². The first kappa shape index (κ1) is 19.8. The second-order valence-corrected chi connectivity index (χ2v) is 8.51. The van der Waals surface area contributed by atoms with E-state index in [1.807, 2.05) is 42.5 Å². The number of fused-ring (bicyclic) bond motifs is 2. The van der Waals surface area contributed by atoms with Gasteiger partial charge in [-0.2, -0.15) is 0 Å². The number of rotatable bonds is 2. The van der Waals surface area contributed by atoms with Gasteiger partial charge in [-0.1, -0.05) is 69.3 Å². The molecule has 0 saturated carbocycles. The highest BCUT2D eigenvalue weighted by Gasteiger charge is 2.23. The van der Waals surface area contributed by atoms with Crippen molar-refractivity contribution in [1.82, 2.24) is 0 Å². The van der Waals surface area contributed by atoms with Gasteiger partial charge in [0.25, 0.3) is 0 Å². The molecule has 2 N–H and O–H groups in total. The molecule has 0 radical (unpaired) electrons.